The topological polar surface area (TPSA) is 29.3 Å². The predicted molar refractivity (Wildman–Crippen MR) is 82.4 cm³/mol. The van der Waals surface area contributed by atoms with Gasteiger partial charge in [0.05, 0.1) is 5.56 Å². The Morgan fingerprint density at radius 1 is 1.23 bits per heavy atom. The Balaban J connectivity index is 2.27. The monoisotopic (exact) mass is 305 g/mol. The third kappa shape index (κ3) is 4.04. The molecule has 0 aliphatic heterocycles. The number of hydrogen-bond acceptors (Lipinski definition) is 2. The van der Waals surface area contributed by atoms with Crippen LogP contribution in [0.5, 0.6) is 0 Å². The van der Waals surface area contributed by atoms with Gasteiger partial charge < -0.3 is 10.6 Å². The van der Waals surface area contributed by atoms with Gasteiger partial charge in [-0.3, -0.25) is 0 Å². The molecule has 2 rings (SSSR count). The normalized spacial score (nSPS) is 11.2. The van der Waals surface area contributed by atoms with Crippen LogP contribution in [0.15, 0.2) is 55.1 Å². The third-order valence-electron chi connectivity index (χ3n) is 3.15. The first kappa shape index (κ1) is 15.9. The number of anilines is 2. The van der Waals surface area contributed by atoms with Crippen LogP contribution in [-0.4, -0.2) is 6.54 Å². The van der Waals surface area contributed by atoms with Gasteiger partial charge in [0.15, 0.2) is 0 Å². The molecule has 2 aromatic rings. The Morgan fingerprint density at radius 3 is 2.64 bits per heavy atom. The standard InChI is InChI=1S/C17H16F3N2/c1-2-9-22(16-8-4-7-15(21)11-16)12-13-5-3-6-14(10-13)17(18,19)20/h2-6,8,10-11H,1,9,12,21H2. The van der Waals surface area contributed by atoms with Crippen LogP contribution in [0.3, 0.4) is 0 Å². The maximum absolute atomic E-state index is 12.8. The van der Waals surface area contributed by atoms with Crippen molar-refractivity contribution in [1.82, 2.24) is 0 Å². The number of halogens is 3. The minimum Gasteiger partial charge on any atom is -0.398 e. The summed E-state index contributed by atoms with van der Waals surface area (Å²) in [4.78, 5) is 1.90. The van der Waals surface area contributed by atoms with Crippen LogP contribution < -0.4 is 10.6 Å². The summed E-state index contributed by atoms with van der Waals surface area (Å²) in [6.45, 7) is 4.52. The molecule has 0 saturated carbocycles. The van der Waals surface area contributed by atoms with E-state index in [-0.39, 0.29) is 0 Å². The lowest BCUT2D eigenvalue weighted by atomic mass is 10.1. The van der Waals surface area contributed by atoms with E-state index in [4.69, 9.17) is 5.73 Å². The van der Waals surface area contributed by atoms with E-state index in [0.29, 0.717) is 24.3 Å². The van der Waals surface area contributed by atoms with Crippen molar-refractivity contribution in [1.29, 1.82) is 0 Å². The molecule has 0 unspecified atom stereocenters. The van der Waals surface area contributed by atoms with E-state index in [1.807, 2.05) is 11.0 Å². The molecule has 0 aromatic heterocycles. The first-order chi connectivity index (χ1) is 10.4. The van der Waals surface area contributed by atoms with Gasteiger partial charge in [-0.2, -0.15) is 13.2 Å². The van der Waals surface area contributed by atoms with Crippen molar-refractivity contribution < 1.29 is 13.2 Å². The van der Waals surface area contributed by atoms with Crippen LogP contribution >= 0.6 is 0 Å². The average Bonchev–Trinajstić information content (AvgIpc) is 2.46. The zero-order valence-corrected chi connectivity index (χ0v) is 11.9. The number of nitrogens with two attached hydrogens (primary N) is 1. The highest BCUT2D eigenvalue weighted by atomic mass is 19.4. The van der Waals surface area contributed by atoms with Crippen molar-refractivity contribution in [3.05, 3.63) is 72.3 Å². The summed E-state index contributed by atoms with van der Waals surface area (Å²) >= 11 is 0. The van der Waals surface area contributed by atoms with Crippen LogP contribution in [0.1, 0.15) is 11.1 Å². The maximum Gasteiger partial charge on any atom is 0.416 e. The van der Waals surface area contributed by atoms with Crippen LogP contribution in [0.2, 0.25) is 0 Å². The van der Waals surface area contributed by atoms with E-state index in [1.165, 1.54) is 6.07 Å². The molecule has 2 aromatic carbocycles. The highest BCUT2D eigenvalue weighted by Crippen LogP contribution is 2.30. The fraction of sp³-hybridized carbons (Fsp3) is 0.176. The summed E-state index contributed by atoms with van der Waals surface area (Å²) in [6.07, 6.45) is -2.65. The second-order valence-electron chi connectivity index (χ2n) is 4.87. The van der Waals surface area contributed by atoms with Gasteiger partial charge in [-0.05, 0) is 29.8 Å². The molecule has 115 valence electrons. The molecule has 0 aliphatic carbocycles. The zero-order valence-electron chi connectivity index (χ0n) is 11.9. The van der Waals surface area contributed by atoms with Gasteiger partial charge in [-0.25, -0.2) is 0 Å². The number of alkyl halides is 3. The molecule has 0 bridgehead atoms. The summed E-state index contributed by atoms with van der Waals surface area (Å²) in [6, 6.07) is 13.4. The summed E-state index contributed by atoms with van der Waals surface area (Å²) in [5.41, 5.74) is 6.93. The smallest absolute Gasteiger partial charge is 0.398 e. The van der Waals surface area contributed by atoms with Gasteiger partial charge in [-0.15, -0.1) is 6.58 Å². The minimum absolute atomic E-state index is 0.333. The fourth-order valence-electron chi connectivity index (χ4n) is 2.15. The van der Waals surface area contributed by atoms with E-state index in [2.05, 4.69) is 12.6 Å². The van der Waals surface area contributed by atoms with Gasteiger partial charge in [0.25, 0.3) is 0 Å². The summed E-state index contributed by atoms with van der Waals surface area (Å²) < 4.78 is 38.3. The Labute approximate surface area is 127 Å². The van der Waals surface area contributed by atoms with E-state index in [0.717, 1.165) is 17.8 Å². The second kappa shape index (κ2) is 6.56. The predicted octanol–water partition coefficient (Wildman–Crippen LogP) is 4.28. The molecule has 2 nitrogen and oxygen atoms in total. The van der Waals surface area contributed by atoms with Crippen molar-refractivity contribution in [2.75, 3.05) is 17.2 Å². The van der Waals surface area contributed by atoms with Crippen LogP contribution in [-0.2, 0) is 12.7 Å². The second-order valence-corrected chi connectivity index (χ2v) is 4.87. The number of nitrogen functional groups attached to an aromatic ring is 1. The van der Waals surface area contributed by atoms with Crippen molar-refractivity contribution in [3.8, 4) is 0 Å². The quantitative estimate of drug-likeness (QED) is 0.660. The average molecular weight is 305 g/mol. The lowest BCUT2D eigenvalue weighted by Crippen LogP contribution is -2.23. The number of hydrogen-bond donors (Lipinski definition) is 1. The van der Waals surface area contributed by atoms with Gasteiger partial charge >= 0.3 is 6.18 Å². The highest BCUT2D eigenvalue weighted by molar-refractivity contribution is 5.56. The number of benzene rings is 2. The van der Waals surface area contributed by atoms with E-state index in [1.54, 1.807) is 24.3 Å². The molecule has 0 saturated heterocycles. The van der Waals surface area contributed by atoms with Crippen LogP contribution in [0.4, 0.5) is 24.5 Å². The van der Waals surface area contributed by atoms with Crippen molar-refractivity contribution >= 4 is 11.4 Å². The molecular formula is C17H16F3N2. The SMILES string of the molecule is C=CCN(Cc1cccc(C(F)(F)F)c1)c1cc[c]c(N)c1. The molecule has 0 spiro atoms. The lowest BCUT2D eigenvalue weighted by molar-refractivity contribution is -0.137. The number of rotatable bonds is 5. The summed E-state index contributed by atoms with van der Waals surface area (Å²) in [7, 11) is 0. The third-order valence-corrected chi connectivity index (χ3v) is 3.15. The van der Waals surface area contributed by atoms with Gasteiger partial charge in [0.1, 0.15) is 0 Å². The molecule has 0 aliphatic rings. The maximum atomic E-state index is 12.8. The van der Waals surface area contributed by atoms with Crippen LogP contribution in [0, 0.1) is 6.07 Å². The van der Waals surface area contributed by atoms with Crippen molar-refractivity contribution in [3.63, 3.8) is 0 Å². The number of nitrogens with zero attached hydrogens (tertiary/aromatic N) is 1. The molecule has 0 fully saturated rings. The Morgan fingerprint density at radius 2 is 2.00 bits per heavy atom. The largest absolute Gasteiger partial charge is 0.416 e. The van der Waals surface area contributed by atoms with Crippen LogP contribution in [0.25, 0.3) is 0 Å². The minimum atomic E-state index is -4.34. The zero-order chi connectivity index (χ0) is 16.2. The van der Waals surface area contributed by atoms with E-state index < -0.39 is 11.7 Å². The van der Waals surface area contributed by atoms with Gasteiger partial charge in [0.2, 0.25) is 0 Å². The Hall–Kier alpha value is -2.43. The van der Waals surface area contributed by atoms with Gasteiger partial charge in [-0.1, -0.05) is 24.3 Å². The first-order valence-corrected chi connectivity index (χ1v) is 6.69. The molecule has 0 atom stereocenters. The summed E-state index contributed by atoms with van der Waals surface area (Å²) in [5, 5.41) is 0. The van der Waals surface area contributed by atoms with Crippen molar-refractivity contribution in [2.24, 2.45) is 0 Å². The first-order valence-electron chi connectivity index (χ1n) is 6.69. The molecule has 0 heterocycles. The molecule has 2 N–H and O–H groups in total. The van der Waals surface area contributed by atoms with Gasteiger partial charge in [0, 0.05) is 30.5 Å². The molecule has 1 radical (unpaired) electrons. The molecule has 5 heteroatoms. The van der Waals surface area contributed by atoms with E-state index in [9.17, 15) is 13.2 Å². The lowest BCUT2D eigenvalue weighted by Gasteiger charge is -2.24. The highest BCUT2D eigenvalue weighted by Gasteiger charge is 2.30. The van der Waals surface area contributed by atoms with E-state index >= 15 is 0 Å². The van der Waals surface area contributed by atoms with Crippen molar-refractivity contribution in [2.45, 2.75) is 12.7 Å². The summed E-state index contributed by atoms with van der Waals surface area (Å²) in [5.74, 6) is 0. The molecule has 22 heavy (non-hydrogen) atoms. The fourth-order valence-corrected chi connectivity index (χ4v) is 2.15. The molecule has 0 amide bonds. The molecular weight excluding hydrogens is 289 g/mol. The Bertz CT molecular complexity index is 650. The Kier molecular flexibility index (Phi) is 4.75.